The Kier molecular flexibility index (Phi) is 4.99. The Morgan fingerprint density at radius 1 is 1.12 bits per heavy atom. The van der Waals surface area contributed by atoms with Crippen LogP contribution in [-0.2, 0) is 12.7 Å². The van der Waals surface area contributed by atoms with Crippen LogP contribution in [0.3, 0.4) is 0 Å². The first-order valence-corrected chi connectivity index (χ1v) is 7.78. The zero-order valence-electron chi connectivity index (χ0n) is 13.7. The molecule has 0 saturated heterocycles. The average Bonchev–Trinajstić information content (AvgIpc) is 3.07. The molecular formula is C17H15F4N5. The van der Waals surface area contributed by atoms with Gasteiger partial charge in [0.25, 0.3) is 0 Å². The smallest absolute Gasteiger partial charge is 0.303 e. The summed E-state index contributed by atoms with van der Waals surface area (Å²) in [6.07, 6.45) is -4.40. The van der Waals surface area contributed by atoms with Crippen LogP contribution in [0, 0.1) is 5.82 Å². The van der Waals surface area contributed by atoms with Crippen LogP contribution in [0.5, 0.6) is 0 Å². The minimum atomic E-state index is -4.40. The van der Waals surface area contributed by atoms with E-state index in [0.717, 1.165) is 17.7 Å². The first-order valence-electron chi connectivity index (χ1n) is 7.78. The molecule has 26 heavy (non-hydrogen) atoms. The number of aromatic nitrogens is 4. The van der Waals surface area contributed by atoms with E-state index in [0.29, 0.717) is 11.5 Å². The van der Waals surface area contributed by atoms with Gasteiger partial charge in [-0.15, -0.1) is 5.10 Å². The highest BCUT2D eigenvalue weighted by Crippen LogP contribution is 2.29. The molecule has 0 radical (unpaired) electrons. The molecule has 0 aliphatic rings. The summed E-state index contributed by atoms with van der Waals surface area (Å²) in [5.41, 5.74) is 0.436. The third-order valence-electron chi connectivity index (χ3n) is 3.89. The van der Waals surface area contributed by atoms with E-state index in [1.165, 1.54) is 28.9 Å². The van der Waals surface area contributed by atoms with Gasteiger partial charge in [-0.25, -0.2) is 4.39 Å². The molecule has 3 aromatic rings. The zero-order chi connectivity index (χ0) is 18.7. The predicted molar refractivity (Wildman–Crippen MR) is 85.8 cm³/mol. The summed E-state index contributed by atoms with van der Waals surface area (Å²) in [7, 11) is 0. The van der Waals surface area contributed by atoms with Crippen molar-refractivity contribution in [3.8, 4) is 5.69 Å². The lowest BCUT2D eigenvalue weighted by molar-refractivity contribution is -0.137. The van der Waals surface area contributed by atoms with Crippen molar-refractivity contribution in [2.45, 2.75) is 25.7 Å². The van der Waals surface area contributed by atoms with Gasteiger partial charge in [0.2, 0.25) is 0 Å². The maximum absolute atomic E-state index is 13.3. The van der Waals surface area contributed by atoms with E-state index < -0.39 is 11.7 Å². The second-order valence-corrected chi connectivity index (χ2v) is 5.71. The molecule has 0 bridgehead atoms. The molecule has 1 unspecified atom stereocenters. The van der Waals surface area contributed by atoms with Crippen LogP contribution in [-0.4, -0.2) is 20.2 Å². The molecule has 0 amide bonds. The number of rotatable bonds is 5. The van der Waals surface area contributed by atoms with Gasteiger partial charge in [-0.2, -0.15) is 17.9 Å². The van der Waals surface area contributed by atoms with Crippen LogP contribution < -0.4 is 5.32 Å². The van der Waals surface area contributed by atoms with Crippen LogP contribution >= 0.6 is 0 Å². The fourth-order valence-electron chi connectivity index (χ4n) is 2.45. The third kappa shape index (κ3) is 4.05. The maximum atomic E-state index is 13.3. The Morgan fingerprint density at radius 3 is 2.50 bits per heavy atom. The SMILES string of the molecule is CC(NCc1nnnn1-c1ccc(C(F)(F)F)cc1)c1cccc(F)c1. The first-order chi connectivity index (χ1) is 12.3. The molecule has 2 aromatic carbocycles. The Morgan fingerprint density at radius 2 is 1.85 bits per heavy atom. The number of hydrogen-bond donors (Lipinski definition) is 1. The van der Waals surface area contributed by atoms with Crippen molar-refractivity contribution in [3.05, 3.63) is 71.3 Å². The summed E-state index contributed by atoms with van der Waals surface area (Å²) in [6.45, 7) is 2.12. The summed E-state index contributed by atoms with van der Waals surface area (Å²) in [5, 5.41) is 14.4. The van der Waals surface area contributed by atoms with Gasteiger partial charge in [-0.1, -0.05) is 12.1 Å². The van der Waals surface area contributed by atoms with Gasteiger partial charge in [-0.05, 0) is 59.3 Å². The molecule has 1 aromatic heterocycles. The van der Waals surface area contributed by atoms with Gasteiger partial charge in [0.15, 0.2) is 5.82 Å². The monoisotopic (exact) mass is 365 g/mol. The van der Waals surface area contributed by atoms with E-state index in [9.17, 15) is 17.6 Å². The fraction of sp³-hybridized carbons (Fsp3) is 0.235. The minimum absolute atomic E-state index is 0.163. The second-order valence-electron chi connectivity index (χ2n) is 5.71. The van der Waals surface area contributed by atoms with Crippen molar-refractivity contribution in [2.24, 2.45) is 0 Å². The van der Waals surface area contributed by atoms with Crippen molar-refractivity contribution in [1.82, 2.24) is 25.5 Å². The lowest BCUT2D eigenvalue weighted by atomic mass is 10.1. The number of hydrogen-bond acceptors (Lipinski definition) is 4. The molecule has 1 heterocycles. The molecule has 136 valence electrons. The number of nitrogens with one attached hydrogen (secondary N) is 1. The van der Waals surface area contributed by atoms with Gasteiger partial charge in [-0.3, -0.25) is 0 Å². The third-order valence-corrected chi connectivity index (χ3v) is 3.89. The Bertz CT molecular complexity index is 873. The van der Waals surface area contributed by atoms with E-state index in [1.807, 2.05) is 6.92 Å². The number of tetrazole rings is 1. The van der Waals surface area contributed by atoms with Crippen molar-refractivity contribution in [2.75, 3.05) is 0 Å². The quantitative estimate of drug-likeness (QED) is 0.701. The van der Waals surface area contributed by atoms with Crippen molar-refractivity contribution >= 4 is 0 Å². The van der Waals surface area contributed by atoms with Crippen molar-refractivity contribution in [1.29, 1.82) is 0 Å². The van der Waals surface area contributed by atoms with Gasteiger partial charge in [0, 0.05) is 6.04 Å². The van der Waals surface area contributed by atoms with Gasteiger partial charge >= 0.3 is 6.18 Å². The van der Waals surface area contributed by atoms with Crippen molar-refractivity contribution in [3.63, 3.8) is 0 Å². The highest BCUT2D eigenvalue weighted by atomic mass is 19.4. The van der Waals surface area contributed by atoms with Crippen LogP contribution in [0.15, 0.2) is 48.5 Å². The summed E-state index contributed by atoms with van der Waals surface area (Å²) in [5.74, 6) is 0.0961. The number of alkyl halides is 3. The highest BCUT2D eigenvalue weighted by molar-refractivity contribution is 5.35. The minimum Gasteiger partial charge on any atom is -0.303 e. The molecule has 3 rings (SSSR count). The number of halogens is 4. The topological polar surface area (TPSA) is 55.6 Å². The Balaban J connectivity index is 1.72. The van der Waals surface area contributed by atoms with E-state index >= 15 is 0 Å². The predicted octanol–water partition coefficient (Wildman–Crippen LogP) is 3.67. The summed E-state index contributed by atoms with van der Waals surface area (Å²) >= 11 is 0. The standard InChI is InChI=1S/C17H15F4N5/c1-11(12-3-2-4-14(18)9-12)22-10-16-23-24-25-26(16)15-7-5-13(6-8-15)17(19,20)21/h2-9,11,22H,10H2,1H3. The lowest BCUT2D eigenvalue weighted by Crippen LogP contribution is -2.21. The summed E-state index contributed by atoms with van der Waals surface area (Å²) in [6, 6.07) is 10.6. The van der Waals surface area contributed by atoms with E-state index in [2.05, 4.69) is 20.8 Å². The van der Waals surface area contributed by atoms with Gasteiger partial charge in [0.1, 0.15) is 5.82 Å². The summed E-state index contributed by atoms with van der Waals surface area (Å²) in [4.78, 5) is 0. The fourth-order valence-corrected chi connectivity index (χ4v) is 2.45. The van der Waals surface area contributed by atoms with Crippen LogP contribution in [0.2, 0.25) is 0 Å². The second kappa shape index (κ2) is 7.20. The molecule has 0 fully saturated rings. The van der Waals surface area contributed by atoms with Crippen LogP contribution in [0.1, 0.15) is 29.9 Å². The molecule has 0 saturated carbocycles. The number of benzene rings is 2. The van der Waals surface area contributed by atoms with Crippen molar-refractivity contribution < 1.29 is 17.6 Å². The maximum Gasteiger partial charge on any atom is 0.416 e. The molecule has 1 N–H and O–H groups in total. The van der Waals surface area contributed by atoms with E-state index in [4.69, 9.17) is 0 Å². The zero-order valence-corrected chi connectivity index (χ0v) is 13.7. The first kappa shape index (κ1) is 18.0. The molecule has 5 nitrogen and oxygen atoms in total. The Hall–Kier alpha value is -2.81. The summed E-state index contributed by atoms with van der Waals surface area (Å²) < 4.78 is 52.6. The van der Waals surface area contributed by atoms with E-state index in [-0.39, 0.29) is 18.4 Å². The van der Waals surface area contributed by atoms with E-state index in [1.54, 1.807) is 12.1 Å². The molecule has 0 spiro atoms. The molecule has 0 aliphatic carbocycles. The highest BCUT2D eigenvalue weighted by Gasteiger charge is 2.30. The van der Waals surface area contributed by atoms with Crippen LogP contribution in [0.4, 0.5) is 17.6 Å². The number of nitrogens with zero attached hydrogens (tertiary/aromatic N) is 4. The van der Waals surface area contributed by atoms with Crippen LogP contribution in [0.25, 0.3) is 5.69 Å². The largest absolute Gasteiger partial charge is 0.416 e. The van der Waals surface area contributed by atoms with Gasteiger partial charge in [0.05, 0.1) is 17.8 Å². The Labute approximate surface area is 146 Å². The molecular weight excluding hydrogens is 350 g/mol. The van der Waals surface area contributed by atoms with Gasteiger partial charge < -0.3 is 5.32 Å². The molecule has 1 atom stereocenters. The average molecular weight is 365 g/mol. The molecule has 0 aliphatic heterocycles. The lowest BCUT2D eigenvalue weighted by Gasteiger charge is -2.14. The molecule has 9 heteroatoms. The normalized spacial score (nSPS) is 13.0.